The van der Waals surface area contributed by atoms with Crippen LogP contribution in [0.2, 0.25) is 0 Å². The van der Waals surface area contributed by atoms with Crippen LogP contribution in [-0.2, 0) is 0 Å². The molecule has 0 saturated carbocycles. The Hall–Kier alpha value is -1.27. The van der Waals surface area contributed by atoms with E-state index < -0.39 is 0 Å². The van der Waals surface area contributed by atoms with Crippen molar-refractivity contribution >= 4 is 45.3 Å². The van der Waals surface area contributed by atoms with Crippen LogP contribution in [0.25, 0.3) is 22.3 Å². The molecule has 0 bridgehead atoms. The molecule has 0 radical (unpaired) electrons. The largest absolute Gasteiger partial charge is 0.455 e. The van der Waals surface area contributed by atoms with Crippen molar-refractivity contribution < 1.29 is 4.42 Å². The zero-order valence-electron chi connectivity index (χ0n) is 14.7. The molecule has 4 heteroatoms. The summed E-state index contributed by atoms with van der Waals surface area (Å²) < 4.78 is 6.54. The highest BCUT2D eigenvalue weighted by Gasteiger charge is 2.13. The fourth-order valence-corrected chi connectivity index (χ4v) is 3.17. The Labute approximate surface area is 161 Å². The third kappa shape index (κ3) is 4.63. The number of fused-ring (bicyclic) bond motifs is 1. The molecule has 1 heterocycles. The maximum Gasteiger partial charge on any atom is 0.206 e. The highest BCUT2D eigenvalue weighted by atomic mass is 127. The molecule has 0 aliphatic heterocycles. The summed E-state index contributed by atoms with van der Waals surface area (Å²) in [6.45, 7) is 8.00. The molecule has 2 nitrogen and oxygen atoms in total. The molecule has 24 heavy (non-hydrogen) atoms. The maximum absolute atomic E-state index is 12.4. The number of rotatable bonds is 2. The summed E-state index contributed by atoms with van der Waals surface area (Å²) in [6, 6.07) is 15.4. The van der Waals surface area contributed by atoms with E-state index in [1.165, 1.54) is 4.90 Å². The Morgan fingerprint density at radius 2 is 1.50 bits per heavy atom. The minimum absolute atomic E-state index is 0.0244. The lowest BCUT2D eigenvalue weighted by molar-refractivity contribution is 0.615. The molecule has 0 amide bonds. The topological polar surface area (TPSA) is 30.2 Å². The van der Waals surface area contributed by atoms with Crippen LogP contribution in [0.1, 0.15) is 27.7 Å². The van der Waals surface area contributed by atoms with Crippen LogP contribution in [0.3, 0.4) is 0 Å². The number of benzene rings is 2. The minimum Gasteiger partial charge on any atom is -0.455 e. The minimum atomic E-state index is 0.0244. The third-order valence-electron chi connectivity index (χ3n) is 3.09. The van der Waals surface area contributed by atoms with Crippen molar-refractivity contribution in [2.45, 2.75) is 32.6 Å². The van der Waals surface area contributed by atoms with Crippen LogP contribution in [0.4, 0.5) is 0 Å². The number of hydrogen-bond donors (Lipinski definition) is 0. The van der Waals surface area contributed by atoms with Crippen LogP contribution in [0.15, 0.2) is 62.6 Å². The fraction of sp³-hybridized carbons (Fsp3) is 0.250. The first-order valence-corrected chi connectivity index (χ1v) is 10.4. The number of thioether (sulfide) groups is 1. The summed E-state index contributed by atoms with van der Waals surface area (Å²) in [4.78, 5) is 13.6. The molecule has 0 fully saturated rings. The third-order valence-corrected chi connectivity index (χ3v) is 4.82. The summed E-state index contributed by atoms with van der Waals surface area (Å²) >= 11 is 3.75. The van der Waals surface area contributed by atoms with Gasteiger partial charge in [0.2, 0.25) is 5.43 Å². The van der Waals surface area contributed by atoms with E-state index in [2.05, 4.69) is 22.6 Å². The first kappa shape index (κ1) is 20.8. The molecule has 0 atom stereocenters. The van der Waals surface area contributed by atoms with Gasteiger partial charge in [-0.1, -0.05) is 52.0 Å². The standard InChI is InChI=1S/C16H11IO2S.2C2H6/c1-20-11-8-6-10(7-9-11)16-14(17)15(18)12-4-2-3-5-13(12)19-16;2*1-2/h2-9H,1H3;2*1-2H3. The second-order valence-electron chi connectivity index (χ2n) is 4.30. The van der Waals surface area contributed by atoms with E-state index in [4.69, 9.17) is 4.42 Å². The Kier molecular flexibility index (Phi) is 9.14. The molecule has 3 aromatic rings. The zero-order chi connectivity index (χ0) is 18.1. The van der Waals surface area contributed by atoms with Crippen molar-refractivity contribution in [2.24, 2.45) is 0 Å². The van der Waals surface area contributed by atoms with Gasteiger partial charge in [-0.2, -0.15) is 0 Å². The molecule has 1 aromatic heterocycles. The van der Waals surface area contributed by atoms with Gasteiger partial charge in [-0.05, 0) is 53.1 Å². The monoisotopic (exact) mass is 454 g/mol. The number of para-hydroxylation sites is 1. The summed E-state index contributed by atoms with van der Waals surface area (Å²) in [5.41, 5.74) is 1.58. The Bertz CT molecular complexity index is 823. The van der Waals surface area contributed by atoms with E-state index in [-0.39, 0.29) is 5.43 Å². The Morgan fingerprint density at radius 3 is 2.08 bits per heavy atom. The summed E-state index contributed by atoms with van der Waals surface area (Å²) in [7, 11) is 0. The smallest absolute Gasteiger partial charge is 0.206 e. The lowest BCUT2D eigenvalue weighted by Gasteiger charge is -2.06. The van der Waals surface area contributed by atoms with Crippen molar-refractivity contribution in [3.05, 3.63) is 62.3 Å². The van der Waals surface area contributed by atoms with E-state index in [0.29, 0.717) is 20.3 Å². The molecule has 2 aromatic carbocycles. The summed E-state index contributed by atoms with van der Waals surface area (Å²) in [6.07, 6.45) is 2.04. The van der Waals surface area contributed by atoms with Gasteiger partial charge in [-0.25, -0.2) is 0 Å². The SMILES string of the molecule is CC.CC.CSc1ccc(-c2oc3ccccc3c(=O)c2I)cc1. The number of hydrogen-bond acceptors (Lipinski definition) is 3. The summed E-state index contributed by atoms with van der Waals surface area (Å²) in [5, 5.41) is 0.626. The highest BCUT2D eigenvalue weighted by molar-refractivity contribution is 14.1. The first-order chi connectivity index (χ1) is 11.7. The van der Waals surface area contributed by atoms with Gasteiger partial charge >= 0.3 is 0 Å². The van der Waals surface area contributed by atoms with E-state index in [0.717, 1.165) is 5.56 Å². The molecule has 3 rings (SSSR count). The van der Waals surface area contributed by atoms with Gasteiger partial charge in [0.05, 0.1) is 5.39 Å². The van der Waals surface area contributed by atoms with Crippen LogP contribution >= 0.6 is 34.4 Å². The lowest BCUT2D eigenvalue weighted by atomic mass is 10.1. The van der Waals surface area contributed by atoms with Gasteiger partial charge < -0.3 is 4.42 Å². The molecule has 0 aliphatic carbocycles. The number of halogens is 1. The van der Waals surface area contributed by atoms with Crippen molar-refractivity contribution in [3.8, 4) is 11.3 Å². The molecule has 0 N–H and O–H groups in total. The Morgan fingerprint density at radius 1 is 0.917 bits per heavy atom. The van der Waals surface area contributed by atoms with Crippen molar-refractivity contribution in [1.82, 2.24) is 0 Å². The second-order valence-corrected chi connectivity index (χ2v) is 6.26. The predicted octanol–water partition coefficient (Wildman–Crippen LogP) is 6.84. The van der Waals surface area contributed by atoms with E-state index in [1.807, 2.05) is 76.4 Å². The normalized spacial score (nSPS) is 9.58. The van der Waals surface area contributed by atoms with Gasteiger partial charge in [0.1, 0.15) is 9.15 Å². The Balaban J connectivity index is 0.000000671. The highest BCUT2D eigenvalue weighted by Crippen LogP contribution is 2.28. The first-order valence-electron chi connectivity index (χ1n) is 8.06. The molecule has 0 saturated heterocycles. The zero-order valence-corrected chi connectivity index (χ0v) is 17.7. The van der Waals surface area contributed by atoms with E-state index in [9.17, 15) is 4.79 Å². The average Bonchev–Trinajstić information content (AvgIpc) is 2.68. The molecule has 0 unspecified atom stereocenters. The van der Waals surface area contributed by atoms with E-state index >= 15 is 0 Å². The van der Waals surface area contributed by atoms with Crippen molar-refractivity contribution in [1.29, 1.82) is 0 Å². The lowest BCUT2D eigenvalue weighted by Crippen LogP contribution is -2.07. The van der Waals surface area contributed by atoms with Crippen molar-refractivity contribution in [2.75, 3.05) is 6.26 Å². The predicted molar refractivity (Wildman–Crippen MR) is 115 cm³/mol. The second kappa shape index (κ2) is 10.6. The molecule has 128 valence electrons. The van der Waals surface area contributed by atoms with E-state index in [1.54, 1.807) is 17.8 Å². The van der Waals surface area contributed by atoms with Gasteiger partial charge in [-0.3, -0.25) is 4.79 Å². The molecular weight excluding hydrogens is 431 g/mol. The van der Waals surface area contributed by atoms with Gasteiger partial charge in [0, 0.05) is 10.5 Å². The molecule has 0 aliphatic rings. The quantitative estimate of drug-likeness (QED) is 0.314. The van der Waals surface area contributed by atoms with Crippen LogP contribution in [-0.4, -0.2) is 6.26 Å². The average molecular weight is 454 g/mol. The molecule has 0 spiro atoms. The molecular formula is C20H23IO2S. The van der Waals surface area contributed by atoms with Gasteiger partial charge in [0.25, 0.3) is 0 Å². The van der Waals surface area contributed by atoms with Crippen LogP contribution in [0, 0.1) is 3.57 Å². The maximum atomic E-state index is 12.4. The fourth-order valence-electron chi connectivity index (χ4n) is 2.05. The van der Waals surface area contributed by atoms with Crippen LogP contribution in [0.5, 0.6) is 0 Å². The van der Waals surface area contributed by atoms with Gasteiger partial charge in [-0.15, -0.1) is 11.8 Å². The van der Waals surface area contributed by atoms with Crippen LogP contribution < -0.4 is 5.43 Å². The van der Waals surface area contributed by atoms with Gasteiger partial charge in [0.15, 0.2) is 5.76 Å². The summed E-state index contributed by atoms with van der Waals surface area (Å²) in [5.74, 6) is 0.641. The van der Waals surface area contributed by atoms with Crippen molar-refractivity contribution in [3.63, 3.8) is 0 Å².